The van der Waals surface area contributed by atoms with E-state index in [1.54, 1.807) is 30.3 Å². The van der Waals surface area contributed by atoms with Gasteiger partial charge in [-0.15, -0.1) is 0 Å². The van der Waals surface area contributed by atoms with Gasteiger partial charge in [-0.1, -0.05) is 42.5 Å². The van der Waals surface area contributed by atoms with Crippen molar-refractivity contribution in [1.29, 1.82) is 0 Å². The summed E-state index contributed by atoms with van der Waals surface area (Å²) in [6.45, 7) is 3.54. The standard InChI is InChI=1S/C29H26N4O4/c1-18-14-22(19(2)33(18)23-13-12-20-8-4-5-9-21(20)15-23)16-25-28(35)32(29(36)31-25)17-27(34)30-24-10-6-7-11-26(24)37-3/h4-16H,17H2,1-3H3,(H,30,34)(H,31,36)/b25-16+. The number of nitrogens with one attached hydrogen (secondary N) is 2. The van der Waals surface area contributed by atoms with E-state index in [1.165, 1.54) is 7.11 Å². The minimum Gasteiger partial charge on any atom is -0.495 e. The van der Waals surface area contributed by atoms with E-state index in [9.17, 15) is 14.4 Å². The summed E-state index contributed by atoms with van der Waals surface area (Å²) in [7, 11) is 1.50. The quantitative estimate of drug-likeness (QED) is 0.298. The number of nitrogens with zero attached hydrogens (tertiary/aromatic N) is 2. The number of para-hydroxylation sites is 2. The van der Waals surface area contributed by atoms with Crippen LogP contribution in [0.15, 0.2) is 78.5 Å². The van der Waals surface area contributed by atoms with Gasteiger partial charge in [-0.3, -0.25) is 9.59 Å². The van der Waals surface area contributed by atoms with Crippen molar-refractivity contribution in [2.24, 2.45) is 0 Å². The van der Waals surface area contributed by atoms with Crippen molar-refractivity contribution in [2.75, 3.05) is 19.0 Å². The summed E-state index contributed by atoms with van der Waals surface area (Å²) in [5.41, 5.74) is 4.30. The number of amides is 4. The SMILES string of the molecule is COc1ccccc1NC(=O)CN1C(=O)N/C(=C/c2cc(C)n(-c3ccc4ccccc4c3)c2C)C1=O. The molecule has 1 aromatic heterocycles. The zero-order valence-electron chi connectivity index (χ0n) is 20.7. The third-order valence-corrected chi connectivity index (χ3v) is 6.41. The zero-order valence-corrected chi connectivity index (χ0v) is 20.7. The Morgan fingerprint density at radius 2 is 1.70 bits per heavy atom. The van der Waals surface area contributed by atoms with Gasteiger partial charge < -0.3 is 19.9 Å². The van der Waals surface area contributed by atoms with Crippen LogP contribution in [0.3, 0.4) is 0 Å². The molecule has 3 aromatic carbocycles. The van der Waals surface area contributed by atoms with Crippen LogP contribution in [0.1, 0.15) is 17.0 Å². The maximum atomic E-state index is 13.0. The Bertz CT molecular complexity index is 1580. The molecular weight excluding hydrogens is 468 g/mol. The van der Waals surface area contributed by atoms with E-state index in [2.05, 4.69) is 45.5 Å². The number of imide groups is 1. The van der Waals surface area contributed by atoms with Crippen LogP contribution in [0.4, 0.5) is 10.5 Å². The van der Waals surface area contributed by atoms with Gasteiger partial charge in [-0.2, -0.15) is 0 Å². The van der Waals surface area contributed by atoms with E-state index in [0.29, 0.717) is 11.4 Å². The highest BCUT2D eigenvalue weighted by Gasteiger charge is 2.35. The minimum absolute atomic E-state index is 0.119. The second kappa shape index (κ2) is 9.66. The van der Waals surface area contributed by atoms with Crippen molar-refractivity contribution < 1.29 is 19.1 Å². The van der Waals surface area contributed by atoms with Gasteiger partial charge in [0.05, 0.1) is 12.8 Å². The predicted octanol–water partition coefficient (Wildman–Crippen LogP) is 4.79. The summed E-state index contributed by atoms with van der Waals surface area (Å²) in [5, 5.41) is 7.57. The molecule has 2 heterocycles. The molecule has 0 radical (unpaired) electrons. The fraction of sp³-hybridized carbons (Fsp3) is 0.138. The van der Waals surface area contributed by atoms with E-state index in [4.69, 9.17) is 4.74 Å². The lowest BCUT2D eigenvalue weighted by Gasteiger charge is -2.13. The Balaban J connectivity index is 1.37. The van der Waals surface area contributed by atoms with Crippen molar-refractivity contribution >= 4 is 40.4 Å². The molecule has 0 spiro atoms. The molecule has 0 saturated carbocycles. The lowest BCUT2D eigenvalue weighted by Crippen LogP contribution is -2.38. The first-order chi connectivity index (χ1) is 17.9. The molecule has 1 aliphatic heterocycles. The smallest absolute Gasteiger partial charge is 0.329 e. The van der Waals surface area contributed by atoms with Crippen LogP contribution in [0.2, 0.25) is 0 Å². The highest BCUT2D eigenvalue weighted by Crippen LogP contribution is 2.27. The summed E-state index contributed by atoms with van der Waals surface area (Å²) in [5.74, 6) is -0.588. The number of carbonyl (C=O) groups is 3. The van der Waals surface area contributed by atoms with Crippen LogP contribution in [0.25, 0.3) is 22.5 Å². The van der Waals surface area contributed by atoms with Crippen LogP contribution < -0.4 is 15.4 Å². The number of rotatable bonds is 6. The second-order valence-corrected chi connectivity index (χ2v) is 8.82. The number of hydrogen-bond donors (Lipinski definition) is 2. The number of benzene rings is 3. The first-order valence-corrected chi connectivity index (χ1v) is 11.8. The topological polar surface area (TPSA) is 92.7 Å². The molecule has 0 bridgehead atoms. The lowest BCUT2D eigenvalue weighted by atomic mass is 10.1. The Morgan fingerprint density at radius 1 is 0.973 bits per heavy atom. The molecule has 1 saturated heterocycles. The highest BCUT2D eigenvalue weighted by molar-refractivity contribution is 6.16. The summed E-state index contributed by atoms with van der Waals surface area (Å²) < 4.78 is 7.34. The molecule has 4 aromatic rings. The van der Waals surface area contributed by atoms with E-state index in [0.717, 1.165) is 38.3 Å². The largest absolute Gasteiger partial charge is 0.495 e. The van der Waals surface area contributed by atoms with Crippen LogP contribution in [0, 0.1) is 13.8 Å². The first-order valence-electron chi connectivity index (χ1n) is 11.8. The molecule has 8 nitrogen and oxygen atoms in total. The van der Waals surface area contributed by atoms with Crippen LogP contribution in [0.5, 0.6) is 5.75 Å². The van der Waals surface area contributed by atoms with E-state index in [1.807, 2.05) is 32.0 Å². The molecule has 2 N–H and O–H groups in total. The molecule has 8 heteroatoms. The fourth-order valence-corrected chi connectivity index (χ4v) is 4.60. The van der Waals surface area contributed by atoms with Gasteiger partial charge in [0.1, 0.15) is 18.0 Å². The normalized spacial score (nSPS) is 14.4. The van der Waals surface area contributed by atoms with Crippen LogP contribution in [-0.2, 0) is 9.59 Å². The highest BCUT2D eigenvalue weighted by atomic mass is 16.5. The Labute approximate surface area is 214 Å². The minimum atomic E-state index is -0.644. The summed E-state index contributed by atoms with van der Waals surface area (Å²) in [6.07, 6.45) is 1.65. The van der Waals surface area contributed by atoms with Crippen LogP contribution >= 0.6 is 0 Å². The molecule has 0 aliphatic carbocycles. The van der Waals surface area contributed by atoms with Gasteiger partial charge in [0.2, 0.25) is 5.91 Å². The summed E-state index contributed by atoms with van der Waals surface area (Å²) in [4.78, 5) is 39.0. The van der Waals surface area contributed by atoms with Crippen molar-refractivity contribution in [3.63, 3.8) is 0 Å². The van der Waals surface area contributed by atoms with Crippen molar-refractivity contribution in [1.82, 2.24) is 14.8 Å². The number of aryl methyl sites for hydroxylation is 1. The fourth-order valence-electron chi connectivity index (χ4n) is 4.60. The number of urea groups is 1. The average Bonchev–Trinajstić information content (AvgIpc) is 3.32. The molecular formula is C29H26N4O4. The number of hydrogen-bond acceptors (Lipinski definition) is 4. The maximum Gasteiger partial charge on any atom is 0.329 e. The van der Waals surface area contributed by atoms with E-state index >= 15 is 0 Å². The van der Waals surface area contributed by atoms with Gasteiger partial charge in [0.15, 0.2) is 0 Å². The third kappa shape index (κ3) is 4.56. The van der Waals surface area contributed by atoms with Gasteiger partial charge in [0.25, 0.3) is 5.91 Å². The van der Waals surface area contributed by atoms with Gasteiger partial charge in [0, 0.05) is 17.1 Å². The second-order valence-electron chi connectivity index (χ2n) is 8.82. The monoisotopic (exact) mass is 494 g/mol. The molecule has 4 amide bonds. The Kier molecular flexibility index (Phi) is 6.23. The summed E-state index contributed by atoms with van der Waals surface area (Å²) in [6, 6.07) is 22.7. The van der Waals surface area contributed by atoms with Gasteiger partial charge in [-0.25, -0.2) is 9.69 Å². The number of anilines is 1. The van der Waals surface area contributed by atoms with E-state index in [-0.39, 0.29) is 5.70 Å². The van der Waals surface area contributed by atoms with Crippen molar-refractivity contribution in [3.8, 4) is 11.4 Å². The van der Waals surface area contributed by atoms with Crippen molar-refractivity contribution in [3.05, 3.63) is 95.4 Å². The Morgan fingerprint density at radius 3 is 2.49 bits per heavy atom. The number of aromatic nitrogens is 1. The van der Waals surface area contributed by atoms with Crippen molar-refractivity contribution in [2.45, 2.75) is 13.8 Å². The van der Waals surface area contributed by atoms with Gasteiger partial charge in [-0.05, 0) is 66.6 Å². The number of carbonyl (C=O) groups excluding carboxylic acids is 3. The Hall–Kier alpha value is -4.85. The molecule has 1 aliphatic rings. The maximum absolute atomic E-state index is 13.0. The molecule has 37 heavy (non-hydrogen) atoms. The molecule has 186 valence electrons. The zero-order chi connectivity index (χ0) is 26.1. The number of ether oxygens (including phenoxy) is 1. The van der Waals surface area contributed by atoms with Crippen LogP contribution in [-0.4, -0.2) is 41.0 Å². The molecule has 1 fully saturated rings. The predicted molar refractivity (Wildman–Crippen MR) is 143 cm³/mol. The van der Waals surface area contributed by atoms with Gasteiger partial charge >= 0.3 is 6.03 Å². The molecule has 0 atom stereocenters. The summed E-state index contributed by atoms with van der Waals surface area (Å²) >= 11 is 0. The number of fused-ring (bicyclic) bond motifs is 1. The first kappa shape index (κ1) is 23.9. The molecule has 0 unspecified atom stereocenters. The lowest BCUT2D eigenvalue weighted by molar-refractivity contribution is -0.127. The number of methoxy groups -OCH3 is 1. The molecule has 5 rings (SSSR count). The average molecular weight is 495 g/mol. The third-order valence-electron chi connectivity index (χ3n) is 6.41. The van der Waals surface area contributed by atoms with E-state index < -0.39 is 24.4 Å².